The van der Waals surface area contributed by atoms with E-state index in [1.165, 1.54) is 5.69 Å². The summed E-state index contributed by atoms with van der Waals surface area (Å²) in [6.07, 6.45) is 0.884. The Hall–Kier alpha value is -2.79. The molecule has 0 saturated carbocycles. The summed E-state index contributed by atoms with van der Waals surface area (Å²) in [5, 5.41) is 4.13. The van der Waals surface area contributed by atoms with Crippen LogP contribution in [0.15, 0.2) is 60.7 Å². The Labute approximate surface area is 160 Å². The van der Waals surface area contributed by atoms with E-state index in [2.05, 4.69) is 29.4 Å². The van der Waals surface area contributed by atoms with Crippen molar-refractivity contribution in [3.05, 3.63) is 66.4 Å². The smallest absolute Gasteiger partial charge is 0.267 e. The Bertz CT molecular complexity index is 874. The Morgan fingerprint density at radius 3 is 2.63 bits per heavy atom. The van der Waals surface area contributed by atoms with Crippen molar-refractivity contribution in [1.82, 2.24) is 9.88 Å². The average Bonchev–Trinajstić information content (AvgIpc) is 3.08. The average molecular weight is 365 g/mol. The van der Waals surface area contributed by atoms with Gasteiger partial charge in [-0.15, -0.1) is 0 Å². The van der Waals surface area contributed by atoms with Gasteiger partial charge in [0.2, 0.25) is 0 Å². The van der Waals surface area contributed by atoms with Gasteiger partial charge < -0.3 is 19.5 Å². The van der Waals surface area contributed by atoms with E-state index in [-0.39, 0.29) is 5.91 Å². The summed E-state index contributed by atoms with van der Waals surface area (Å²) in [6, 6.07) is 20.3. The summed E-state index contributed by atoms with van der Waals surface area (Å²) < 4.78 is 7.24. The zero-order valence-corrected chi connectivity index (χ0v) is 16.0. The monoisotopic (exact) mass is 365 g/mol. The first-order valence-corrected chi connectivity index (χ1v) is 9.32. The van der Waals surface area contributed by atoms with E-state index in [4.69, 9.17) is 4.74 Å². The number of carbonyl (C=O) groups excluding carboxylic acids is 1. The third-order valence-electron chi connectivity index (χ3n) is 4.72. The number of rotatable bonds is 9. The lowest BCUT2D eigenvalue weighted by Gasteiger charge is -2.19. The number of para-hydroxylation sites is 2. The van der Waals surface area contributed by atoms with Crippen LogP contribution in [0.4, 0.5) is 5.69 Å². The normalized spacial score (nSPS) is 10.9. The van der Waals surface area contributed by atoms with Crippen LogP contribution in [0.3, 0.4) is 0 Å². The predicted octanol–water partition coefficient (Wildman–Crippen LogP) is 3.54. The van der Waals surface area contributed by atoms with E-state index in [9.17, 15) is 4.79 Å². The van der Waals surface area contributed by atoms with Crippen LogP contribution in [0.5, 0.6) is 0 Å². The largest absolute Gasteiger partial charge is 0.383 e. The van der Waals surface area contributed by atoms with Gasteiger partial charge in [0.05, 0.1) is 6.61 Å². The number of aromatic nitrogens is 1. The summed E-state index contributed by atoms with van der Waals surface area (Å²) in [6.45, 7) is 2.75. The maximum atomic E-state index is 12.7. The maximum absolute atomic E-state index is 12.7. The van der Waals surface area contributed by atoms with Crippen molar-refractivity contribution in [3.8, 4) is 0 Å². The first kappa shape index (κ1) is 19.0. The van der Waals surface area contributed by atoms with Gasteiger partial charge in [-0.1, -0.05) is 36.4 Å². The van der Waals surface area contributed by atoms with E-state index in [1.54, 1.807) is 7.11 Å². The molecule has 5 nitrogen and oxygen atoms in total. The van der Waals surface area contributed by atoms with Crippen molar-refractivity contribution in [2.75, 3.05) is 38.8 Å². The minimum Gasteiger partial charge on any atom is -0.383 e. The molecule has 0 bridgehead atoms. The third-order valence-corrected chi connectivity index (χ3v) is 4.72. The first-order valence-electron chi connectivity index (χ1n) is 9.32. The van der Waals surface area contributed by atoms with Gasteiger partial charge in [0.25, 0.3) is 5.91 Å². The van der Waals surface area contributed by atoms with Crippen LogP contribution in [0.2, 0.25) is 0 Å². The molecule has 0 spiro atoms. The topological polar surface area (TPSA) is 46.5 Å². The zero-order chi connectivity index (χ0) is 19.1. The molecule has 2 aromatic carbocycles. The second-order valence-electron chi connectivity index (χ2n) is 6.60. The Balaban J connectivity index is 1.59. The standard InChI is InChI=1S/C22H27N3O2/c1-24(19-10-4-3-5-11-19)14-8-13-23-22(26)21-17-18-9-6-7-12-20(18)25(21)15-16-27-2/h3-7,9-12,17H,8,13-16H2,1-2H3,(H,23,26). The number of nitrogens with zero attached hydrogens (tertiary/aromatic N) is 2. The maximum Gasteiger partial charge on any atom is 0.267 e. The van der Waals surface area contributed by atoms with Crippen LogP contribution >= 0.6 is 0 Å². The Morgan fingerprint density at radius 1 is 1.11 bits per heavy atom. The summed E-state index contributed by atoms with van der Waals surface area (Å²) in [5.41, 5.74) is 2.93. The molecule has 27 heavy (non-hydrogen) atoms. The lowest BCUT2D eigenvalue weighted by Crippen LogP contribution is -2.29. The molecule has 0 unspecified atom stereocenters. The van der Waals surface area contributed by atoms with Gasteiger partial charge >= 0.3 is 0 Å². The highest BCUT2D eigenvalue weighted by Gasteiger charge is 2.15. The fraction of sp³-hybridized carbons (Fsp3) is 0.318. The molecule has 0 aliphatic carbocycles. The highest BCUT2D eigenvalue weighted by atomic mass is 16.5. The van der Waals surface area contributed by atoms with Crippen LogP contribution in [0, 0.1) is 0 Å². The number of methoxy groups -OCH3 is 1. The lowest BCUT2D eigenvalue weighted by molar-refractivity contribution is 0.0942. The van der Waals surface area contributed by atoms with Gasteiger partial charge in [0.15, 0.2) is 0 Å². The molecule has 1 aromatic heterocycles. The molecule has 0 fully saturated rings. The number of benzene rings is 2. The van der Waals surface area contributed by atoms with Gasteiger partial charge in [-0.3, -0.25) is 4.79 Å². The molecule has 0 aliphatic heterocycles. The SMILES string of the molecule is COCCn1c(C(=O)NCCCN(C)c2ccccc2)cc2ccccc21. The zero-order valence-electron chi connectivity index (χ0n) is 16.0. The highest BCUT2D eigenvalue weighted by molar-refractivity contribution is 5.98. The molecule has 0 atom stereocenters. The van der Waals surface area contributed by atoms with Crippen molar-refractivity contribution < 1.29 is 9.53 Å². The minimum absolute atomic E-state index is 0.0373. The second-order valence-corrected chi connectivity index (χ2v) is 6.60. The van der Waals surface area contributed by atoms with Gasteiger partial charge in [0.1, 0.15) is 5.69 Å². The summed E-state index contributed by atoms with van der Waals surface area (Å²) in [7, 11) is 3.74. The van der Waals surface area contributed by atoms with Crippen molar-refractivity contribution in [2.45, 2.75) is 13.0 Å². The van der Waals surface area contributed by atoms with Gasteiger partial charge in [-0.2, -0.15) is 0 Å². The van der Waals surface area contributed by atoms with Gasteiger partial charge in [-0.25, -0.2) is 0 Å². The number of hydrogen-bond acceptors (Lipinski definition) is 3. The van der Waals surface area contributed by atoms with Crippen LogP contribution in [0.25, 0.3) is 10.9 Å². The molecule has 0 radical (unpaired) electrons. The molecule has 1 N–H and O–H groups in total. The molecule has 0 saturated heterocycles. The molecule has 0 aliphatic rings. The van der Waals surface area contributed by atoms with E-state index in [0.29, 0.717) is 25.4 Å². The lowest BCUT2D eigenvalue weighted by atomic mass is 10.2. The van der Waals surface area contributed by atoms with Crippen LogP contribution in [-0.2, 0) is 11.3 Å². The van der Waals surface area contributed by atoms with E-state index in [0.717, 1.165) is 23.9 Å². The number of amides is 1. The van der Waals surface area contributed by atoms with Crippen LogP contribution < -0.4 is 10.2 Å². The third kappa shape index (κ3) is 4.68. The fourth-order valence-corrected chi connectivity index (χ4v) is 3.24. The second kappa shape index (κ2) is 9.24. The minimum atomic E-state index is -0.0373. The highest BCUT2D eigenvalue weighted by Crippen LogP contribution is 2.20. The number of ether oxygens (including phenoxy) is 1. The van der Waals surface area contributed by atoms with Crippen molar-refractivity contribution in [1.29, 1.82) is 0 Å². The van der Waals surface area contributed by atoms with E-state index in [1.807, 2.05) is 53.1 Å². The molecule has 142 valence electrons. The number of hydrogen-bond donors (Lipinski definition) is 1. The summed E-state index contributed by atoms with van der Waals surface area (Å²) >= 11 is 0. The van der Waals surface area contributed by atoms with E-state index < -0.39 is 0 Å². The van der Waals surface area contributed by atoms with Crippen molar-refractivity contribution in [3.63, 3.8) is 0 Å². The molecule has 1 heterocycles. The van der Waals surface area contributed by atoms with Crippen molar-refractivity contribution in [2.24, 2.45) is 0 Å². The molecule has 1 amide bonds. The van der Waals surface area contributed by atoms with Gasteiger partial charge in [-0.05, 0) is 30.7 Å². The van der Waals surface area contributed by atoms with Gasteiger partial charge in [0, 0.05) is 50.4 Å². The molecule has 5 heteroatoms. The van der Waals surface area contributed by atoms with Crippen LogP contribution in [0.1, 0.15) is 16.9 Å². The molecular weight excluding hydrogens is 338 g/mol. The number of nitrogens with one attached hydrogen (secondary N) is 1. The quantitative estimate of drug-likeness (QED) is 0.590. The summed E-state index contributed by atoms with van der Waals surface area (Å²) in [4.78, 5) is 14.9. The molecular formula is C22H27N3O2. The predicted molar refractivity (Wildman–Crippen MR) is 110 cm³/mol. The molecule has 3 rings (SSSR count). The number of carbonyl (C=O) groups is 1. The number of anilines is 1. The van der Waals surface area contributed by atoms with E-state index >= 15 is 0 Å². The first-order chi connectivity index (χ1) is 13.2. The molecule has 3 aromatic rings. The Kier molecular flexibility index (Phi) is 6.49. The summed E-state index contributed by atoms with van der Waals surface area (Å²) in [5.74, 6) is -0.0373. The number of fused-ring (bicyclic) bond motifs is 1. The fourth-order valence-electron chi connectivity index (χ4n) is 3.24. The Morgan fingerprint density at radius 2 is 1.85 bits per heavy atom. The van der Waals surface area contributed by atoms with Crippen molar-refractivity contribution >= 4 is 22.5 Å². The van der Waals surface area contributed by atoms with Crippen LogP contribution in [-0.4, -0.2) is 44.3 Å².